The lowest BCUT2D eigenvalue weighted by atomic mass is 10.1. The van der Waals surface area contributed by atoms with E-state index in [4.69, 9.17) is 15.2 Å². The van der Waals surface area contributed by atoms with Crippen molar-refractivity contribution >= 4 is 11.6 Å². The van der Waals surface area contributed by atoms with Gasteiger partial charge in [0, 0.05) is 26.6 Å². The fraction of sp³-hybridized carbons (Fsp3) is 0.562. The van der Waals surface area contributed by atoms with Gasteiger partial charge in [0.25, 0.3) is 0 Å². The van der Waals surface area contributed by atoms with Crippen LogP contribution in [-0.4, -0.2) is 58.3 Å². The number of amides is 1. The zero-order valence-corrected chi connectivity index (χ0v) is 13.7. The van der Waals surface area contributed by atoms with Gasteiger partial charge < -0.3 is 25.4 Å². The smallest absolute Gasteiger partial charge is 0.220 e. The van der Waals surface area contributed by atoms with Crippen molar-refractivity contribution in [3.63, 3.8) is 0 Å². The molecule has 1 rings (SSSR count). The molecule has 1 amide bonds. The molecule has 6 heteroatoms. The Morgan fingerprint density at radius 1 is 1.32 bits per heavy atom. The minimum absolute atomic E-state index is 0.0157. The molecular formula is C16H27N3O3. The highest BCUT2D eigenvalue weighted by Gasteiger charge is 2.05. The highest BCUT2D eigenvalue weighted by molar-refractivity contribution is 5.76. The van der Waals surface area contributed by atoms with Gasteiger partial charge in [-0.2, -0.15) is 0 Å². The second-order valence-electron chi connectivity index (χ2n) is 5.37. The summed E-state index contributed by atoms with van der Waals surface area (Å²) in [5.74, 6) is 0.706. The van der Waals surface area contributed by atoms with E-state index in [-0.39, 0.29) is 5.91 Å². The predicted octanol–water partition coefficient (Wildman–Crippen LogP) is 0.904. The number of nitrogens with one attached hydrogen (secondary N) is 1. The molecule has 1 aromatic carbocycles. The lowest BCUT2D eigenvalue weighted by Crippen LogP contribution is -2.27. The van der Waals surface area contributed by atoms with Crippen LogP contribution in [0.25, 0.3) is 0 Å². The van der Waals surface area contributed by atoms with Crippen LogP contribution in [0, 0.1) is 0 Å². The van der Waals surface area contributed by atoms with Crippen molar-refractivity contribution in [1.29, 1.82) is 0 Å². The molecule has 0 atom stereocenters. The molecule has 124 valence electrons. The molecule has 0 aliphatic heterocycles. The Balaban J connectivity index is 2.39. The van der Waals surface area contributed by atoms with Gasteiger partial charge in [-0.25, -0.2) is 0 Å². The highest BCUT2D eigenvalue weighted by atomic mass is 16.5. The molecule has 0 aromatic heterocycles. The number of likely N-dealkylation sites (N-methyl/N-ethyl adjacent to an activating group) is 1. The molecule has 1 aromatic rings. The number of aryl methyl sites for hydroxylation is 1. The zero-order valence-electron chi connectivity index (χ0n) is 13.7. The summed E-state index contributed by atoms with van der Waals surface area (Å²) < 4.78 is 10.5. The molecule has 0 fully saturated rings. The number of nitrogens with zero attached hydrogens (tertiary/aromatic N) is 1. The Labute approximate surface area is 132 Å². The Kier molecular flexibility index (Phi) is 8.32. The monoisotopic (exact) mass is 309 g/mol. The third-order valence-electron chi connectivity index (χ3n) is 3.14. The third kappa shape index (κ3) is 7.28. The fourth-order valence-electron chi connectivity index (χ4n) is 1.86. The molecule has 0 saturated carbocycles. The molecule has 3 N–H and O–H groups in total. The lowest BCUT2D eigenvalue weighted by molar-refractivity contribution is -0.121. The average Bonchev–Trinajstić information content (AvgIpc) is 2.47. The van der Waals surface area contributed by atoms with E-state index in [1.165, 1.54) is 0 Å². The number of hydrogen-bond acceptors (Lipinski definition) is 5. The molecule has 0 aliphatic rings. The SMILES string of the molecule is COCCNC(=O)CCc1ccc(OCCN(C)C)c(N)c1. The van der Waals surface area contributed by atoms with Crippen molar-refractivity contribution in [3.05, 3.63) is 23.8 Å². The van der Waals surface area contributed by atoms with Gasteiger partial charge in [0.1, 0.15) is 12.4 Å². The maximum Gasteiger partial charge on any atom is 0.220 e. The number of methoxy groups -OCH3 is 1. The van der Waals surface area contributed by atoms with Gasteiger partial charge in [-0.3, -0.25) is 4.79 Å². The molecule has 0 spiro atoms. The molecule has 0 unspecified atom stereocenters. The summed E-state index contributed by atoms with van der Waals surface area (Å²) in [5.41, 5.74) is 7.62. The number of nitrogen functional groups attached to an aromatic ring is 1. The van der Waals surface area contributed by atoms with Crippen LogP contribution in [0.15, 0.2) is 18.2 Å². The normalized spacial score (nSPS) is 10.7. The van der Waals surface area contributed by atoms with E-state index >= 15 is 0 Å². The number of carbonyl (C=O) groups excluding carboxylic acids is 1. The Hall–Kier alpha value is -1.79. The quantitative estimate of drug-likeness (QED) is 0.496. The van der Waals surface area contributed by atoms with Gasteiger partial charge in [0.2, 0.25) is 5.91 Å². The number of ether oxygens (including phenoxy) is 2. The molecule has 6 nitrogen and oxygen atoms in total. The maximum atomic E-state index is 11.6. The summed E-state index contributed by atoms with van der Waals surface area (Å²) in [4.78, 5) is 13.7. The van der Waals surface area contributed by atoms with Crippen molar-refractivity contribution in [2.75, 3.05) is 53.2 Å². The Morgan fingerprint density at radius 2 is 2.09 bits per heavy atom. The number of rotatable bonds is 10. The third-order valence-corrected chi connectivity index (χ3v) is 3.14. The van der Waals surface area contributed by atoms with E-state index in [2.05, 4.69) is 5.32 Å². The van der Waals surface area contributed by atoms with Gasteiger partial charge in [0.15, 0.2) is 0 Å². The van der Waals surface area contributed by atoms with E-state index in [0.29, 0.717) is 44.0 Å². The topological polar surface area (TPSA) is 76.8 Å². The minimum atomic E-state index is 0.0157. The average molecular weight is 309 g/mol. The van der Waals surface area contributed by atoms with Crippen LogP contribution in [0.4, 0.5) is 5.69 Å². The highest BCUT2D eigenvalue weighted by Crippen LogP contribution is 2.23. The van der Waals surface area contributed by atoms with Crippen molar-refractivity contribution < 1.29 is 14.3 Å². The molecule has 0 radical (unpaired) electrons. The largest absolute Gasteiger partial charge is 0.490 e. The van der Waals surface area contributed by atoms with Crippen LogP contribution in [0.1, 0.15) is 12.0 Å². The van der Waals surface area contributed by atoms with E-state index in [9.17, 15) is 4.79 Å². The van der Waals surface area contributed by atoms with E-state index in [1.54, 1.807) is 7.11 Å². The van der Waals surface area contributed by atoms with Crippen LogP contribution in [0.2, 0.25) is 0 Å². The predicted molar refractivity (Wildman–Crippen MR) is 88.1 cm³/mol. The lowest BCUT2D eigenvalue weighted by Gasteiger charge is -2.13. The summed E-state index contributed by atoms with van der Waals surface area (Å²) in [6.07, 6.45) is 1.09. The van der Waals surface area contributed by atoms with Gasteiger partial charge in [0.05, 0.1) is 12.3 Å². The standard InChI is InChI=1S/C16H27N3O3/c1-19(2)9-11-22-15-6-4-13(12-14(15)17)5-7-16(20)18-8-10-21-3/h4,6,12H,5,7-11,17H2,1-3H3,(H,18,20). The Bertz CT molecular complexity index is 464. The van der Waals surface area contributed by atoms with E-state index < -0.39 is 0 Å². The summed E-state index contributed by atoms with van der Waals surface area (Å²) in [7, 11) is 5.60. The fourth-order valence-corrected chi connectivity index (χ4v) is 1.86. The first-order valence-electron chi connectivity index (χ1n) is 7.44. The van der Waals surface area contributed by atoms with Gasteiger partial charge >= 0.3 is 0 Å². The van der Waals surface area contributed by atoms with Gasteiger partial charge in [-0.1, -0.05) is 6.07 Å². The number of anilines is 1. The summed E-state index contributed by atoms with van der Waals surface area (Å²) >= 11 is 0. The Morgan fingerprint density at radius 3 is 2.73 bits per heavy atom. The van der Waals surface area contributed by atoms with Crippen LogP contribution in [0.3, 0.4) is 0 Å². The van der Waals surface area contributed by atoms with Crippen LogP contribution in [0.5, 0.6) is 5.75 Å². The van der Waals surface area contributed by atoms with Gasteiger partial charge in [-0.15, -0.1) is 0 Å². The number of benzene rings is 1. The first kappa shape index (κ1) is 18.3. The molecule has 0 heterocycles. The van der Waals surface area contributed by atoms with E-state index in [0.717, 1.165) is 12.1 Å². The van der Waals surface area contributed by atoms with Crippen molar-refractivity contribution in [2.45, 2.75) is 12.8 Å². The molecule has 22 heavy (non-hydrogen) atoms. The first-order valence-corrected chi connectivity index (χ1v) is 7.44. The summed E-state index contributed by atoms with van der Waals surface area (Å²) in [6.45, 7) is 2.50. The number of carbonyl (C=O) groups is 1. The number of hydrogen-bond donors (Lipinski definition) is 2. The second kappa shape index (κ2) is 10.0. The second-order valence-corrected chi connectivity index (χ2v) is 5.37. The first-order chi connectivity index (χ1) is 10.5. The van der Waals surface area contributed by atoms with Crippen LogP contribution >= 0.6 is 0 Å². The molecule has 0 saturated heterocycles. The maximum absolute atomic E-state index is 11.6. The summed E-state index contributed by atoms with van der Waals surface area (Å²) in [6, 6.07) is 5.68. The van der Waals surface area contributed by atoms with Crippen molar-refractivity contribution in [1.82, 2.24) is 10.2 Å². The van der Waals surface area contributed by atoms with Crippen LogP contribution in [-0.2, 0) is 16.0 Å². The van der Waals surface area contributed by atoms with Crippen molar-refractivity contribution in [3.8, 4) is 5.75 Å². The zero-order chi connectivity index (χ0) is 16.4. The van der Waals surface area contributed by atoms with Gasteiger partial charge in [-0.05, 0) is 38.2 Å². The minimum Gasteiger partial charge on any atom is -0.490 e. The number of nitrogens with two attached hydrogens (primary N) is 1. The molecular weight excluding hydrogens is 282 g/mol. The summed E-state index contributed by atoms with van der Waals surface area (Å²) in [5, 5.41) is 2.79. The van der Waals surface area contributed by atoms with E-state index in [1.807, 2.05) is 37.2 Å². The van der Waals surface area contributed by atoms with Crippen molar-refractivity contribution in [2.24, 2.45) is 0 Å². The van der Waals surface area contributed by atoms with Crippen LogP contribution < -0.4 is 15.8 Å². The molecule has 0 aliphatic carbocycles. The molecule has 0 bridgehead atoms.